The molecule has 4 atom stereocenters. The third kappa shape index (κ3) is 20.9. The summed E-state index contributed by atoms with van der Waals surface area (Å²) in [5.74, 6) is -6.60. The Morgan fingerprint density at radius 1 is 0.667 bits per heavy atom. The van der Waals surface area contributed by atoms with Crippen molar-refractivity contribution in [3.8, 4) is 0 Å². The standard InChI is InChI=1S/C14H22O8.C10H16N2O8/c1-3-4-5-6-12(20)22-14(11(19)8-16)13(10(18)7-15)21-9(2)17;13-7(14)3-11(4-8(15)16)1-2-12(5-9(17)18)6-10(19)20/h3-6,10-11,13-16,18-19H,7-8H2,1-2H3;1-6H2,(H,13,14)(H,15,16)(H,17,18)(H,19,20)/b4-3+,6-5+;/t10-,11+,13+,14+;/m0./s1. The van der Waals surface area contributed by atoms with Gasteiger partial charge in [-0.05, 0) is 6.92 Å². The summed E-state index contributed by atoms with van der Waals surface area (Å²) in [7, 11) is 0. The van der Waals surface area contributed by atoms with Crippen LogP contribution in [0.15, 0.2) is 24.3 Å². The molecule has 0 aromatic carbocycles. The molecule has 0 radical (unpaired) electrons. The van der Waals surface area contributed by atoms with Gasteiger partial charge in [-0.25, -0.2) is 4.79 Å². The molecule has 0 aromatic rings. The van der Waals surface area contributed by atoms with Crippen LogP contribution in [0.5, 0.6) is 0 Å². The van der Waals surface area contributed by atoms with Gasteiger partial charge in [-0.3, -0.25) is 33.8 Å². The summed E-state index contributed by atoms with van der Waals surface area (Å²) in [4.78, 5) is 67.1. The smallest absolute Gasteiger partial charge is 0.331 e. The summed E-state index contributed by atoms with van der Waals surface area (Å²) < 4.78 is 9.70. The van der Waals surface area contributed by atoms with E-state index in [9.17, 15) is 39.0 Å². The molecule has 240 valence electrons. The lowest BCUT2D eigenvalue weighted by molar-refractivity contribution is -0.188. The van der Waals surface area contributed by atoms with Crippen LogP contribution in [0.3, 0.4) is 0 Å². The molecule has 0 aliphatic heterocycles. The Balaban J connectivity index is 0. The van der Waals surface area contributed by atoms with Gasteiger partial charge in [0.1, 0.15) is 12.2 Å². The number of nitrogens with zero attached hydrogens (tertiary/aromatic N) is 2. The number of carboxylic acid groups (broad SMARTS) is 4. The number of hydrogen-bond acceptors (Lipinski definition) is 14. The van der Waals surface area contributed by atoms with Crippen molar-refractivity contribution in [2.24, 2.45) is 0 Å². The zero-order valence-electron chi connectivity index (χ0n) is 23.0. The zero-order chi connectivity index (χ0) is 32.8. The molecule has 0 saturated heterocycles. The van der Waals surface area contributed by atoms with Gasteiger partial charge in [0.15, 0.2) is 12.2 Å². The number of aliphatic hydroxyl groups is 4. The molecule has 0 rings (SSSR count). The molecule has 0 bridgehead atoms. The molecule has 0 fully saturated rings. The Kier molecular flexibility index (Phi) is 21.7. The number of hydrogen-bond donors (Lipinski definition) is 8. The van der Waals surface area contributed by atoms with Gasteiger partial charge < -0.3 is 50.3 Å². The van der Waals surface area contributed by atoms with Crippen LogP contribution in [0.4, 0.5) is 0 Å². The average molecular weight is 611 g/mol. The second-order valence-electron chi connectivity index (χ2n) is 8.36. The van der Waals surface area contributed by atoms with E-state index in [-0.39, 0.29) is 13.1 Å². The highest BCUT2D eigenvalue weighted by atomic mass is 16.6. The van der Waals surface area contributed by atoms with Crippen LogP contribution in [-0.2, 0) is 38.2 Å². The maximum atomic E-state index is 11.6. The second kappa shape index (κ2) is 22.7. The number of allylic oxidation sites excluding steroid dienone is 3. The van der Waals surface area contributed by atoms with Crippen LogP contribution >= 0.6 is 0 Å². The van der Waals surface area contributed by atoms with Crippen molar-refractivity contribution in [3.63, 3.8) is 0 Å². The molecule has 0 aliphatic carbocycles. The Hall–Kier alpha value is -3.94. The summed E-state index contributed by atoms with van der Waals surface area (Å²) in [5, 5.41) is 71.8. The first-order valence-electron chi connectivity index (χ1n) is 12.1. The molecule has 0 aromatic heterocycles. The van der Waals surface area contributed by atoms with Crippen LogP contribution in [-0.4, -0.2) is 163 Å². The van der Waals surface area contributed by atoms with Crippen molar-refractivity contribution in [1.29, 1.82) is 0 Å². The van der Waals surface area contributed by atoms with E-state index in [0.717, 1.165) is 22.8 Å². The lowest BCUT2D eigenvalue weighted by Gasteiger charge is -2.31. The summed E-state index contributed by atoms with van der Waals surface area (Å²) in [6, 6.07) is 0. The molecule has 0 amide bonds. The van der Waals surface area contributed by atoms with E-state index in [1.807, 2.05) is 0 Å². The summed E-state index contributed by atoms with van der Waals surface area (Å²) in [6.07, 6.45) is -0.609. The van der Waals surface area contributed by atoms with Crippen molar-refractivity contribution in [3.05, 3.63) is 24.3 Å². The predicted molar refractivity (Wildman–Crippen MR) is 139 cm³/mol. The highest BCUT2D eigenvalue weighted by Crippen LogP contribution is 2.15. The fraction of sp³-hybridized carbons (Fsp3) is 0.583. The van der Waals surface area contributed by atoms with E-state index in [1.54, 1.807) is 19.1 Å². The van der Waals surface area contributed by atoms with Crippen molar-refractivity contribution in [1.82, 2.24) is 9.80 Å². The van der Waals surface area contributed by atoms with Crippen molar-refractivity contribution in [2.75, 3.05) is 52.5 Å². The highest BCUT2D eigenvalue weighted by Gasteiger charge is 2.38. The van der Waals surface area contributed by atoms with Gasteiger partial charge in [-0.1, -0.05) is 18.2 Å². The molecule has 0 aliphatic rings. The van der Waals surface area contributed by atoms with Crippen LogP contribution in [0, 0.1) is 0 Å². The number of carboxylic acids is 4. The first-order chi connectivity index (χ1) is 19.6. The monoisotopic (exact) mass is 610 g/mol. The molecule has 0 unspecified atom stereocenters. The Bertz CT molecular complexity index is 869. The number of carbonyl (C=O) groups is 6. The lowest BCUT2D eigenvalue weighted by atomic mass is 10.0. The molecule has 0 spiro atoms. The van der Waals surface area contributed by atoms with Gasteiger partial charge in [0, 0.05) is 26.1 Å². The molecule has 18 heteroatoms. The van der Waals surface area contributed by atoms with Crippen molar-refractivity contribution in [2.45, 2.75) is 38.3 Å². The van der Waals surface area contributed by atoms with E-state index in [0.29, 0.717) is 0 Å². The van der Waals surface area contributed by atoms with Crippen LogP contribution < -0.4 is 0 Å². The largest absolute Gasteiger partial charge is 0.480 e. The number of esters is 2. The fourth-order valence-corrected chi connectivity index (χ4v) is 3.02. The summed E-state index contributed by atoms with van der Waals surface area (Å²) in [5.41, 5.74) is 0. The van der Waals surface area contributed by atoms with Crippen molar-refractivity contribution < 1.29 is 79.1 Å². The Morgan fingerprint density at radius 2 is 1.02 bits per heavy atom. The molecule has 8 N–H and O–H groups in total. The molecule has 0 saturated carbocycles. The quantitative estimate of drug-likeness (QED) is 0.0378. The van der Waals surface area contributed by atoms with Gasteiger partial charge in [0.25, 0.3) is 0 Å². The SMILES string of the molecule is C/C=C/C=C/C(=O)O[C@@H]([C@H](OC(C)=O)[C@@H](O)CO)[C@H](O)CO.O=C(O)CN(CCN(CC(=O)O)CC(=O)O)CC(=O)O. The minimum absolute atomic E-state index is 0.0703. The minimum Gasteiger partial charge on any atom is -0.480 e. The van der Waals surface area contributed by atoms with Gasteiger partial charge in [0.05, 0.1) is 39.4 Å². The van der Waals surface area contributed by atoms with E-state index in [1.165, 1.54) is 6.08 Å². The lowest BCUT2D eigenvalue weighted by Crippen LogP contribution is -2.51. The summed E-state index contributed by atoms with van der Waals surface area (Å²) >= 11 is 0. The molecule has 0 heterocycles. The maximum Gasteiger partial charge on any atom is 0.331 e. The van der Waals surface area contributed by atoms with Gasteiger partial charge in [-0.2, -0.15) is 0 Å². The topological polar surface area (TPSA) is 289 Å². The number of ether oxygens (including phenoxy) is 2. The average Bonchev–Trinajstić information content (AvgIpc) is 2.87. The van der Waals surface area contributed by atoms with E-state index >= 15 is 0 Å². The molecule has 42 heavy (non-hydrogen) atoms. The molecular weight excluding hydrogens is 572 g/mol. The first-order valence-corrected chi connectivity index (χ1v) is 12.1. The van der Waals surface area contributed by atoms with Gasteiger partial charge in [0.2, 0.25) is 0 Å². The van der Waals surface area contributed by atoms with Crippen LogP contribution in [0.2, 0.25) is 0 Å². The van der Waals surface area contributed by atoms with Crippen molar-refractivity contribution >= 4 is 35.8 Å². The molecular formula is C24H38N2O16. The summed E-state index contributed by atoms with van der Waals surface area (Å²) in [6.45, 7) is -1.06. The van der Waals surface area contributed by atoms with Crippen LogP contribution in [0.1, 0.15) is 13.8 Å². The number of rotatable bonds is 20. The van der Waals surface area contributed by atoms with Crippen LogP contribution in [0.25, 0.3) is 0 Å². The minimum atomic E-state index is -1.61. The molecule has 18 nitrogen and oxygen atoms in total. The third-order valence-corrected chi connectivity index (χ3v) is 4.71. The zero-order valence-corrected chi connectivity index (χ0v) is 23.0. The number of carbonyl (C=O) groups excluding carboxylic acids is 2. The van der Waals surface area contributed by atoms with E-state index in [2.05, 4.69) is 0 Å². The number of aliphatic hydroxyl groups excluding tert-OH is 4. The van der Waals surface area contributed by atoms with Gasteiger partial charge >= 0.3 is 35.8 Å². The number of aliphatic carboxylic acids is 4. The Labute approximate surface area is 240 Å². The van der Waals surface area contributed by atoms with E-state index < -0.39 is 99.6 Å². The first kappa shape index (κ1) is 40.2. The predicted octanol–water partition coefficient (Wildman–Crippen LogP) is -3.40. The third-order valence-electron chi connectivity index (χ3n) is 4.71. The van der Waals surface area contributed by atoms with E-state index in [4.69, 9.17) is 40.1 Å². The normalized spacial score (nSPS) is 14.1. The maximum absolute atomic E-state index is 11.6. The second-order valence-corrected chi connectivity index (χ2v) is 8.36. The Morgan fingerprint density at radius 3 is 1.31 bits per heavy atom. The fourth-order valence-electron chi connectivity index (χ4n) is 3.02. The highest BCUT2D eigenvalue weighted by molar-refractivity contribution is 5.82. The van der Waals surface area contributed by atoms with Gasteiger partial charge in [-0.15, -0.1) is 0 Å².